The summed E-state index contributed by atoms with van der Waals surface area (Å²) in [4.78, 5) is 0. The lowest BCUT2D eigenvalue weighted by Crippen LogP contribution is -2.40. The largest absolute Gasteiger partial charge is 0.409 e. The van der Waals surface area contributed by atoms with Crippen LogP contribution in [0.15, 0.2) is 5.16 Å². The van der Waals surface area contributed by atoms with Crippen LogP contribution in [-0.2, 0) is 0 Å². The van der Waals surface area contributed by atoms with Gasteiger partial charge in [0.15, 0.2) is 0 Å². The molecule has 0 radical (unpaired) electrons. The molecule has 0 spiro atoms. The lowest BCUT2D eigenvalue weighted by molar-refractivity contribution is 0.0329. The van der Waals surface area contributed by atoms with Crippen LogP contribution in [-0.4, -0.2) is 34.8 Å². The van der Waals surface area contributed by atoms with Crippen LogP contribution in [0.2, 0.25) is 0 Å². The fourth-order valence-electron chi connectivity index (χ4n) is 1.09. The highest BCUT2D eigenvalue weighted by Gasteiger charge is 2.20. The van der Waals surface area contributed by atoms with Crippen molar-refractivity contribution in [3.63, 3.8) is 0 Å². The number of hydrogen-bond donors (Lipinski definition) is 4. The van der Waals surface area contributed by atoms with E-state index in [-0.39, 0.29) is 5.84 Å². The molecule has 0 saturated heterocycles. The van der Waals surface area contributed by atoms with Crippen LogP contribution in [0.3, 0.4) is 0 Å². The van der Waals surface area contributed by atoms with Crippen molar-refractivity contribution in [1.82, 2.24) is 5.32 Å². The first-order chi connectivity index (χ1) is 6.58. The molecule has 84 valence electrons. The second-order valence-corrected chi connectivity index (χ2v) is 3.45. The zero-order valence-corrected chi connectivity index (χ0v) is 8.95. The number of nitrogens with two attached hydrogens (primary N) is 1. The van der Waals surface area contributed by atoms with Crippen LogP contribution >= 0.6 is 0 Å². The van der Waals surface area contributed by atoms with Gasteiger partial charge in [0, 0.05) is 19.5 Å². The minimum absolute atomic E-state index is 0.203. The highest BCUT2D eigenvalue weighted by atomic mass is 16.4. The minimum Gasteiger partial charge on any atom is -0.409 e. The zero-order chi connectivity index (χ0) is 11.0. The summed E-state index contributed by atoms with van der Waals surface area (Å²) < 4.78 is 0. The number of aliphatic hydroxyl groups is 1. The van der Waals surface area contributed by atoms with E-state index in [1.807, 2.05) is 13.8 Å². The lowest BCUT2D eigenvalue weighted by atomic mass is 9.98. The normalized spacial score (nSPS) is 13.2. The van der Waals surface area contributed by atoms with Gasteiger partial charge in [-0.25, -0.2) is 0 Å². The third-order valence-corrected chi connectivity index (χ3v) is 2.46. The van der Waals surface area contributed by atoms with Gasteiger partial charge in [0.25, 0.3) is 0 Å². The Morgan fingerprint density at radius 3 is 2.43 bits per heavy atom. The molecular formula is C9H21N3O2. The molecule has 0 aliphatic carbocycles. The van der Waals surface area contributed by atoms with E-state index in [1.54, 1.807) is 0 Å². The molecule has 5 nitrogen and oxygen atoms in total. The summed E-state index contributed by atoms with van der Waals surface area (Å²) in [5, 5.41) is 24.1. The zero-order valence-electron chi connectivity index (χ0n) is 8.95. The van der Waals surface area contributed by atoms with Crippen molar-refractivity contribution < 1.29 is 10.3 Å². The third kappa shape index (κ3) is 5.04. The summed E-state index contributed by atoms with van der Waals surface area (Å²) in [6.07, 6.45) is 1.93. The highest BCUT2D eigenvalue weighted by molar-refractivity contribution is 5.79. The number of amidine groups is 1. The Morgan fingerprint density at radius 2 is 2.00 bits per heavy atom. The standard InChI is InChI=1S/C9H21N3O2/c1-3-9(13,4-2)7-11-6-5-8(10)12-14/h11,13-14H,3-7H2,1-2H3,(H2,10,12). The van der Waals surface area contributed by atoms with Crippen molar-refractivity contribution in [1.29, 1.82) is 0 Å². The SMILES string of the molecule is CCC(O)(CC)CNCCC(N)=NO. The van der Waals surface area contributed by atoms with Crippen LogP contribution < -0.4 is 11.1 Å². The first-order valence-corrected chi connectivity index (χ1v) is 4.97. The van der Waals surface area contributed by atoms with Crippen LogP contribution in [0.5, 0.6) is 0 Å². The average molecular weight is 203 g/mol. The molecule has 0 saturated carbocycles. The predicted octanol–water partition coefficient (Wildman–Crippen LogP) is 0.264. The summed E-state index contributed by atoms with van der Waals surface area (Å²) in [6, 6.07) is 0. The van der Waals surface area contributed by atoms with Crippen molar-refractivity contribution in [2.24, 2.45) is 10.9 Å². The fourth-order valence-corrected chi connectivity index (χ4v) is 1.09. The van der Waals surface area contributed by atoms with Gasteiger partial charge < -0.3 is 21.4 Å². The quantitative estimate of drug-likeness (QED) is 0.157. The number of nitrogens with zero attached hydrogens (tertiary/aromatic N) is 1. The molecule has 0 aliphatic heterocycles. The van der Waals surface area contributed by atoms with Crippen molar-refractivity contribution in [2.45, 2.75) is 38.7 Å². The molecule has 0 aromatic carbocycles. The van der Waals surface area contributed by atoms with Crippen molar-refractivity contribution in [3.05, 3.63) is 0 Å². The van der Waals surface area contributed by atoms with E-state index in [0.29, 0.717) is 19.5 Å². The van der Waals surface area contributed by atoms with Crippen molar-refractivity contribution in [3.8, 4) is 0 Å². The summed E-state index contributed by atoms with van der Waals surface area (Å²) in [5.41, 5.74) is 4.65. The summed E-state index contributed by atoms with van der Waals surface area (Å²) in [7, 11) is 0. The van der Waals surface area contributed by atoms with E-state index < -0.39 is 5.60 Å². The van der Waals surface area contributed by atoms with Gasteiger partial charge in [0.2, 0.25) is 0 Å². The monoisotopic (exact) mass is 203 g/mol. The lowest BCUT2D eigenvalue weighted by Gasteiger charge is -2.25. The Labute approximate surface area is 85.0 Å². The number of hydrogen-bond acceptors (Lipinski definition) is 4. The molecule has 0 aromatic rings. The van der Waals surface area contributed by atoms with Gasteiger partial charge in [0.05, 0.1) is 5.60 Å². The van der Waals surface area contributed by atoms with Gasteiger partial charge in [-0.15, -0.1) is 0 Å². The molecule has 0 heterocycles. The molecule has 0 atom stereocenters. The molecule has 0 amide bonds. The third-order valence-electron chi connectivity index (χ3n) is 2.46. The van der Waals surface area contributed by atoms with Gasteiger partial charge in [-0.2, -0.15) is 0 Å². The number of rotatable bonds is 7. The number of nitrogens with one attached hydrogen (secondary N) is 1. The number of oxime groups is 1. The molecule has 5 N–H and O–H groups in total. The Bertz CT molecular complexity index is 179. The fraction of sp³-hybridized carbons (Fsp3) is 0.889. The molecule has 0 bridgehead atoms. The molecule has 14 heavy (non-hydrogen) atoms. The van der Waals surface area contributed by atoms with Gasteiger partial charge >= 0.3 is 0 Å². The molecule has 0 aliphatic rings. The Balaban J connectivity index is 3.62. The van der Waals surface area contributed by atoms with Crippen LogP contribution in [0.4, 0.5) is 0 Å². The first kappa shape index (κ1) is 13.2. The highest BCUT2D eigenvalue weighted by Crippen LogP contribution is 2.12. The van der Waals surface area contributed by atoms with E-state index >= 15 is 0 Å². The molecule has 5 heteroatoms. The Morgan fingerprint density at radius 1 is 1.43 bits per heavy atom. The van der Waals surface area contributed by atoms with Crippen LogP contribution in [0, 0.1) is 0 Å². The van der Waals surface area contributed by atoms with Crippen LogP contribution in [0.1, 0.15) is 33.1 Å². The van der Waals surface area contributed by atoms with E-state index in [1.165, 1.54) is 0 Å². The minimum atomic E-state index is -0.634. The topological polar surface area (TPSA) is 90.9 Å². The van der Waals surface area contributed by atoms with Crippen LogP contribution in [0.25, 0.3) is 0 Å². The van der Waals surface area contributed by atoms with Gasteiger partial charge in [-0.1, -0.05) is 19.0 Å². The maximum Gasteiger partial charge on any atom is 0.140 e. The van der Waals surface area contributed by atoms with E-state index in [9.17, 15) is 5.11 Å². The van der Waals surface area contributed by atoms with Gasteiger partial charge in [-0.3, -0.25) is 0 Å². The first-order valence-electron chi connectivity index (χ1n) is 4.97. The van der Waals surface area contributed by atoms with E-state index in [0.717, 1.165) is 12.8 Å². The second kappa shape index (κ2) is 6.62. The summed E-state index contributed by atoms with van der Waals surface area (Å²) in [5.74, 6) is 0.203. The maximum atomic E-state index is 9.88. The Hall–Kier alpha value is -0.810. The van der Waals surface area contributed by atoms with Gasteiger partial charge in [0.1, 0.15) is 5.84 Å². The molecule has 0 unspecified atom stereocenters. The molecule has 0 fully saturated rings. The van der Waals surface area contributed by atoms with Crippen molar-refractivity contribution in [2.75, 3.05) is 13.1 Å². The van der Waals surface area contributed by atoms with Crippen molar-refractivity contribution >= 4 is 5.84 Å². The van der Waals surface area contributed by atoms with E-state index in [4.69, 9.17) is 10.9 Å². The summed E-state index contributed by atoms with van der Waals surface area (Å²) in [6.45, 7) is 5.06. The molecule has 0 rings (SSSR count). The summed E-state index contributed by atoms with van der Waals surface area (Å²) >= 11 is 0. The second-order valence-electron chi connectivity index (χ2n) is 3.45. The molecular weight excluding hydrogens is 182 g/mol. The van der Waals surface area contributed by atoms with Gasteiger partial charge in [-0.05, 0) is 12.8 Å². The average Bonchev–Trinajstić information content (AvgIpc) is 2.23. The van der Waals surface area contributed by atoms with E-state index in [2.05, 4.69) is 10.5 Å². The predicted molar refractivity (Wildman–Crippen MR) is 56.4 cm³/mol. The Kier molecular flexibility index (Phi) is 6.23. The maximum absolute atomic E-state index is 9.88. The smallest absolute Gasteiger partial charge is 0.140 e. The molecule has 0 aromatic heterocycles.